The summed E-state index contributed by atoms with van der Waals surface area (Å²) in [6.07, 6.45) is 1.72. The van der Waals surface area contributed by atoms with E-state index in [-0.39, 0.29) is 5.84 Å². The van der Waals surface area contributed by atoms with Crippen molar-refractivity contribution in [1.29, 1.82) is 5.41 Å². The van der Waals surface area contributed by atoms with Crippen LogP contribution in [0.1, 0.15) is 19.4 Å². The molecule has 0 amide bonds. The topological polar surface area (TPSA) is 69.2 Å². The largest absolute Gasteiger partial charge is 0.384 e. The van der Waals surface area contributed by atoms with Crippen molar-refractivity contribution in [3.8, 4) is 0 Å². The summed E-state index contributed by atoms with van der Waals surface area (Å²) in [6, 6.07) is 4.27. The number of nitrogens with zero attached hydrogens (tertiary/aromatic N) is 3. The second kappa shape index (κ2) is 5.35. The molecule has 1 saturated heterocycles. The van der Waals surface area contributed by atoms with Crippen molar-refractivity contribution in [2.75, 3.05) is 31.1 Å². The molecule has 0 radical (unpaired) electrons. The highest BCUT2D eigenvalue weighted by Gasteiger charge is 2.19. The lowest BCUT2D eigenvalue weighted by Crippen LogP contribution is -2.49. The first-order chi connectivity index (χ1) is 8.58. The Morgan fingerprint density at radius 2 is 2.00 bits per heavy atom. The predicted molar refractivity (Wildman–Crippen MR) is 74.2 cm³/mol. The SMILES string of the molecule is CC(C)N1CCN(c2cc(C(=N)N)ccn2)CC1. The minimum Gasteiger partial charge on any atom is -0.384 e. The predicted octanol–water partition coefficient (Wildman–Crippen LogP) is 0.896. The average molecular weight is 247 g/mol. The zero-order valence-electron chi connectivity index (χ0n) is 11.1. The summed E-state index contributed by atoms with van der Waals surface area (Å²) in [7, 11) is 0. The first-order valence-electron chi connectivity index (χ1n) is 6.37. The van der Waals surface area contributed by atoms with Crippen LogP contribution in [-0.2, 0) is 0 Å². The zero-order valence-corrected chi connectivity index (χ0v) is 11.1. The molecule has 0 unspecified atom stereocenters. The van der Waals surface area contributed by atoms with Crippen molar-refractivity contribution in [2.24, 2.45) is 5.73 Å². The molecule has 0 bridgehead atoms. The fourth-order valence-corrected chi connectivity index (χ4v) is 2.23. The molecule has 1 fully saturated rings. The van der Waals surface area contributed by atoms with Crippen LogP contribution in [0.25, 0.3) is 0 Å². The third-order valence-electron chi connectivity index (χ3n) is 3.43. The molecule has 5 nitrogen and oxygen atoms in total. The molecule has 0 saturated carbocycles. The van der Waals surface area contributed by atoms with Crippen molar-refractivity contribution >= 4 is 11.7 Å². The minimum absolute atomic E-state index is 0.0967. The molecular formula is C13H21N5. The number of hydrogen-bond acceptors (Lipinski definition) is 4. The standard InChI is InChI=1S/C13H21N5/c1-10(2)17-5-7-18(8-6-17)12-9-11(13(14)15)3-4-16-12/h3-4,9-10H,5-8H2,1-2H3,(H3,14,15). The molecule has 5 heteroatoms. The van der Waals surface area contributed by atoms with E-state index in [2.05, 4.69) is 28.6 Å². The number of anilines is 1. The molecule has 18 heavy (non-hydrogen) atoms. The van der Waals surface area contributed by atoms with E-state index >= 15 is 0 Å². The molecule has 2 heterocycles. The Morgan fingerprint density at radius 1 is 1.33 bits per heavy atom. The van der Waals surface area contributed by atoms with Crippen LogP contribution in [0, 0.1) is 5.41 Å². The molecule has 0 spiro atoms. The van der Waals surface area contributed by atoms with Gasteiger partial charge in [0.25, 0.3) is 0 Å². The number of nitrogens with one attached hydrogen (secondary N) is 1. The van der Waals surface area contributed by atoms with Gasteiger partial charge in [-0.3, -0.25) is 10.3 Å². The lowest BCUT2D eigenvalue weighted by molar-refractivity contribution is 0.209. The normalized spacial score (nSPS) is 17.2. The summed E-state index contributed by atoms with van der Waals surface area (Å²) in [4.78, 5) is 9.09. The number of pyridine rings is 1. The Labute approximate surface area is 108 Å². The Hall–Kier alpha value is -1.62. The fraction of sp³-hybridized carbons (Fsp3) is 0.538. The Kier molecular flexibility index (Phi) is 3.81. The lowest BCUT2D eigenvalue weighted by atomic mass is 10.2. The Bertz CT molecular complexity index is 421. The van der Waals surface area contributed by atoms with Gasteiger partial charge < -0.3 is 10.6 Å². The van der Waals surface area contributed by atoms with Crippen LogP contribution in [0.5, 0.6) is 0 Å². The third kappa shape index (κ3) is 2.79. The van der Waals surface area contributed by atoms with Crippen LogP contribution >= 0.6 is 0 Å². The average Bonchev–Trinajstić information content (AvgIpc) is 2.39. The number of amidine groups is 1. The second-order valence-corrected chi connectivity index (χ2v) is 4.93. The van der Waals surface area contributed by atoms with Crippen LogP contribution in [-0.4, -0.2) is 47.9 Å². The van der Waals surface area contributed by atoms with Gasteiger partial charge in [0.05, 0.1) is 0 Å². The maximum Gasteiger partial charge on any atom is 0.129 e. The minimum atomic E-state index is 0.0967. The number of nitrogen functional groups attached to an aromatic ring is 1. The van der Waals surface area contributed by atoms with E-state index in [9.17, 15) is 0 Å². The fourth-order valence-electron chi connectivity index (χ4n) is 2.23. The van der Waals surface area contributed by atoms with Gasteiger partial charge in [0.15, 0.2) is 0 Å². The molecule has 0 atom stereocenters. The van der Waals surface area contributed by atoms with Gasteiger partial charge in [-0.25, -0.2) is 4.98 Å². The zero-order chi connectivity index (χ0) is 13.1. The smallest absolute Gasteiger partial charge is 0.129 e. The highest BCUT2D eigenvalue weighted by molar-refractivity contribution is 5.95. The summed E-state index contributed by atoms with van der Waals surface area (Å²) in [5.41, 5.74) is 6.24. The molecule has 1 aromatic heterocycles. The number of rotatable bonds is 3. The van der Waals surface area contributed by atoms with E-state index in [1.54, 1.807) is 12.3 Å². The van der Waals surface area contributed by atoms with E-state index < -0.39 is 0 Å². The molecule has 98 valence electrons. The van der Waals surface area contributed by atoms with Crippen LogP contribution in [0.15, 0.2) is 18.3 Å². The van der Waals surface area contributed by atoms with Gasteiger partial charge in [-0.05, 0) is 26.0 Å². The first-order valence-corrected chi connectivity index (χ1v) is 6.37. The quantitative estimate of drug-likeness (QED) is 0.615. The molecule has 0 aromatic carbocycles. The van der Waals surface area contributed by atoms with Gasteiger partial charge in [0, 0.05) is 44.0 Å². The van der Waals surface area contributed by atoms with E-state index in [0.29, 0.717) is 6.04 Å². The van der Waals surface area contributed by atoms with Crippen molar-refractivity contribution in [1.82, 2.24) is 9.88 Å². The maximum absolute atomic E-state index is 7.46. The molecule has 1 aromatic rings. The van der Waals surface area contributed by atoms with E-state index in [1.807, 2.05) is 6.07 Å². The third-order valence-corrected chi connectivity index (χ3v) is 3.43. The van der Waals surface area contributed by atoms with E-state index in [0.717, 1.165) is 37.6 Å². The highest BCUT2D eigenvalue weighted by Crippen LogP contribution is 2.15. The van der Waals surface area contributed by atoms with Gasteiger partial charge in [0.1, 0.15) is 11.7 Å². The van der Waals surface area contributed by atoms with Gasteiger partial charge in [-0.2, -0.15) is 0 Å². The number of hydrogen-bond donors (Lipinski definition) is 2. The summed E-state index contributed by atoms with van der Waals surface area (Å²) < 4.78 is 0. The summed E-state index contributed by atoms with van der Waals surface area (Å²) >= 11 is 0. The van der Waals surface area contributed by atoms with Crippen molar-refractivity contribution in [2.45, 2.75) is 19.9 Å². The van der Waals surface area contributed by atoms with Gasteiger partial charge in [-0.1, -0.05) is 0 Å². The summed E-state index contributed by atoms with van der Waals surface area (Å²) in [6.45, 7) is 8.53. The number of aromatic nitrogens is 1. The number of nitrogens with two attached hydrogens (primary N) is 1. The molecular weight excluding hydrogens is 226 g/mol. The summed E-state index contributed by atoms with van der Waals surface area (Å²) in [5.74, 6) is 1.02. The van der Waals surface area contributed by atoms with Crippen LogP contribution in [0.3, 0.4) is 0 Å². The van der Waals surface area contributed by atoms with Crippen molar-refractivity contribution in [3.63, 3.8) is 0 Å². The second-order valence-electron chi connectivity index (χ2n) is 4.93. The maximum atomic E-state index is 7.46. The lowest BCUT2D eigenvalue weighted by Gasteiger charge is -2.37. The van der Waals surface area contributed by atoms with Crippen LogP contribution < -0.4 is 10.6 Å². The Balaban J connectivity index is 2.05. The van der Waals surface area contributed by atoms with Gasteiger partial charge >= 0.3 is 0 Å². The summed E-state index contributed by atoms with van der Waals surface area (Å²) in [5, 5.41) is 7.46. The van der Waals surface area contributed by atoms with Crippen LogP contribution in [0.2, 0.25) is 0 Å². The highest BCUT2D eigenvalue weighted by atomic mass is 15.3. The van der Waals surface area contributed by atoms with Crippen molar-refractivity contribution < 1.29 is 0 Å². The van der Waals surface area contributed by atoms with Gasteiger partial charge in [-0.15, -0.1) is 0 Å². The van der Waals surface area contributed by atoms with E-state index in [4.69, 9.17) is 11.1 Å². The van der Waals surface area contributed by atoms with E-state index in [1.165, 1.54) is 0 Å². The molecule has 1 aliphatic heterocycles. The molecule has 1 aliphatic rings. The number of piperazine rings is 1. The first kappa shape index (κ1) is 12.8. The monoisotopic (exact) mass is 247 g/mol. The molecule has 0 aliphatic carbocycles. The van der Waals surface area contributed by atoms with Crippen LogP contribution in [0.4, 0.5) is 5.82 Å². The molecule has 2 rings (SSSR count). The Morgan fingerprint density at radius 3 is 2.56 bits per heavy atom. The van der Waals surface area contributed by atoms with Crippen molar-refractivity contribution in [3.05, 3.63) is 23.9 Å². The molecule has 3 N–H and O–H groups in total. The van der Waals surface area contributed by atoms with Gasteiger partial charge in [0.2, 0.25) is 0 Å².